The summed E-state index contributed by atoms with van der Waals surface area (Å²) in [6.45, 7) is 5.78. The molecule has 2 N–H and O–H groups in total. The summed E-state index contributed by atoms with van der Waals surface area (Å²) in [5, 5.41) is 17.8. The van der Waals surface area contributed by atoms with E-state index in [1.54, 1.807) is 36.4 Å². The molecule has 2 aromatic heterocycles. The smallest absolute Gasteiger partial charge is 0.254 e. The first-order valence-corrected chi connectivity index (χ1v) is 8.06. The number of nitrogens with zero attached hydrogens (tertiary/aromatic N) is 5. The van der Waals surface area contributed by atoms with Gasteiger partial charge in [0.2, 0.25) is 0 Å². The molecule has 1 aliphatic heterocycles. The summed E-state index contributed by atoms with van der Waals surface area (Å²) in [5.74, 6) is 0.526. The second-order valence-electron chi connectivity index (χ2n) is 6.13. The van der Waals surface area contributed by atoms with Crippen LogP contribution in [-0.4, -0.2) is 56.0 Å². The van der Waals surface area contributed by atoms with Gasteiger partial charge in [-0.1, -0.05) is 0 Å². The average Bonchev–Trinajstić information content (AvgIpc) is 3.17. The van der Waals surface area contributed by atoms with Crippen molar-refractivity contribution >= 4 is 11.7 Å². The van der Waals surface area contributed by atoms with E-state index in [2.05, 4.69) is 20.4 Å². The van der Waals surface area contributed by atoms with Gasteiger partial charge in [-0.3, -0.25) is 14.5 Å². The van der Waals surface area contributed by atoms with Gasteiger partial charge in [-0.05, 0) is 20.3 Å². The molecule has 0 bridgehead atoms. The zero-order valence-corrected chi connectivity index (χ0v) is 13.9. The van der Waals surface area contributed by atoms with Gasteiger partial charge in [-0.2, -0.15) is 5.10 Å². The van der Waals surface area contributed by atoms with E-state index >= 15 is 0 Å². The number of carbonyl (C=O) groups is 1. The third kappa shape index (κ3) is 3.38. The maximum absolute atomic E-state index is 12.3. The van der Waals surface area contributed by atoms with Gasteiger partial charge >= 0.3 is 0 Å². The molecule has 24 heavy (non-hydrogen) atoms. The van der Waals surface area contributed by atoms with Gasteiger partial charge < -0.3 is 15.3 Å². The third-order valence-corrected chi connectivity index (χ3v) is 4.30. The molecule has 8 heteroatoms. The van der Waals surface area contributed by atoms with E-state index in [9.17, 15) is 9.90 Å². The van der Waals surface area contributed by atoms with E-state index in [4.69, 9.17) is 0 Å². The first kappa shape index (κ1) is 16.4. The van der Waals surface area contributed by atoms with E-state index in [0.717, 1.165) is 5.82 Å². The lowest BCUT2D eigenvalue weighted by Crippen LogP contribution is -2.45. The largest absolute Gasteiger partial charge is 0.386 e. The predicted molar refractivity (Wildman–Crippen MR) is 88.8 cm³/mol. The van der Waals surface area contributed by atoms with Gasteiger partial charge in [0, 0.05) is 44.8 Å². The number of hydrogen-bond acceptors (Lipinski definition) is 6. The van der Waals surface area contributed by atoms with Crippen molar-refractivity contribution in [1.82, 2.24) is 25.1 Å². The highest BCUT2D eigenvalue weighted by Crippen LogP contribution is 2.24. The van der Waals surface area contributed by atoms with Gasteiger partial charge in [0.05, 0.1) is 17.5 Å². The normalized spacial score (nSPS) is 20.4. The summed E-state index contributed by atoms with van der Waals surface area (Å²) in [7, 11) is 0. The first-order valence-electron chi connectivity index (χ1n) is 8.06. The fourth-order valence-corrected chi connectivity index (χ4v) is 2.89. The van der Waals surface area contributed by atoms with Gasteiger partial charge in [-0.25, -0.2) is 4.98 Å². The molecule has 0 aromatic carbocycles. The van der Waals surface area contributed by atoms with E-state index in [-0.39, 0.29) is 12.5 Å². The van der Waals surface area contributed by atoms with Crippen molar-refractivity contribution < 1.29 is 9.90 Å². The first-order chi connectivity index (χ1) is 11.5. The van der Waals surface area contributed by atoms with Crippen LogP contribution in [0.5, 0.6) is 0 Å². The summed E-state index contributed by atoms with van der Waals surface area (Å²) in [5.41, 5.74) is 0.264. The van der Waals surface area contributed by atoms with E-state index in [1.807, 2.05) is 11.8 Å². The molecule has 0 spiro atoms. The highest BCUT2D eigenvalue weighted by Gasteiger charge is 2.37. The minimum absolute atomic E-state index is 0.194. The molecule has 0 radical (unpaired) electrons. The minimum atomic E-state index is -0.970. The quantitative estimate of drug-likeness (QED) is 0.822. The van der Waals surface area contributed by atoms with Crippen LogP contribution in [0.1, 0.15) is 29.4 Å². The van der Waals surface area contributed by atoms with Crippen LogP contribution in [0, 0.1) is 6.92 Å². The second kappa shape index (κ2) is 6.56. The Morgan fingerprint density at radius 3 is 2.96 bits per heavy atom. The third-order valence-electron chi connectivity index (χ3n) is 4.30. The molecule has 1 aliphatic rings. The average molecular weight is 330 g/mol. The molecule has 1 atom stereocenters. The number of aryl methyl sites for hydroxylation is 2. The van der Waals surface area contributed by atoms with Crippen molar-refractivity contribution in [2.24, 2.45) is 0 Å². The standard InChI is InChI=1S/C16H22N6O2/c1-3-22-9-13(12(2)20-22)15(23)19-10-16(24)4-7-21(11-16)14-8-17-5-6-18-14/h5-6,8-9,24H,3-4,7,10-11H2,1-2H3,(H,19,23)/t16-/m1/s1. The van der Waals surface area contributed by atoms with Crippen LogP contribution in [0.15, 0.2) is 24.8 Å². The molecule has 0 aliphatic carbocycles. The number of anilines is 1. The summed E-state index contributed by atoms with van der Waals surface area (Å²) in [6, 6.07) is 0. The number of rotatable bonds is 5. The van der Waals surface area contributed by atoms with E-state index in [0.29, 0.717) is 37.3 Å². The highest BCUT2D eigenvalue weighted by molar-refractivity contribution is 5.95. The monoisotopic (exact) mass is 330 g/mol. The molecule has 1 fully saturated rings. The van der Waals surface area contributed by atoms with Gasteiger partial charge in [0.15, 0.2) is 0 Å². The lowest BCUT2D eigenvalue weighted by Gasteiger charge is -2.24. The van der Waals surface area contributed by atoms with E-state index < -0.39 is 5.60 Å². The Morgan fingerprint density at radius 1 is 1.46 bits per heavy atom. The molecule has 0 saturated carbocycles. The van der Waals surface area contributed by atoms with Gasteiger partial charge in [0.25, 0.3) is 5.91 Å². The zero-order valence-electron chi connectivity index (χ0n) is 13.9. The molecule has 0 unspecified atom stereocenters. The number of hydrogen-bond donors (Lipinski definition) is 2. The summed E-state index contributed by atoms with van der Waals surface area (Å²) < 4.78 is 1.73. The second-order valence-corrected chi connectivity index (χ2v) is 6.13. The number of carbonyl (C=O) groups excluding carboxylic acids is 1. The molecule has 1 saturated heterocycles. The fraction of sp³-hybridized carbons (Fsp3) is 0.500. The van der Waals surface area contributed by atoms with Crippen molar-refractivity contribution in [1.29, 1.82) is 0 Å². The van der Waals surface area contributed by atoms with Crippen LogP contribution < -0.4 is 10.2 Å². The Kier molecular flexibility index (Phi) is 4.48. The molecule has 8 nitrogen and oxygen atoms in total. The van der Waals surface area contributed by atoms with Crippen LogP contribution in [-0.2, 0) is 6.54 Å². The number of amides is 1. The number of β-amino-alcohol motifs (C(OH)–C–C–N with tert-alkyl or cyclic N) is 1. The van der Waals surface area contributed by atoms with Gasteiger partial charge in [-0.15, -0.1) is 0 Å². The summed E-state index contributed by atoms with van der Waals surface area (Å²) in [4.78, 5) is 22.6. The van der Waals surface area contributed by atoms with Crippen LogP contribution in [0.25, 0.3) is 0 Å². The topological polar surface area (TPSA) is 96.2 Å². The van der Waals surface area contributed by atoms with Crippen molar-refractivity contribution in [3.8, 4) is 0 Å². The highest BCUT2D eigenvalue weighted by atomic mass is 16.3. The molecule has 3 rings (SSSR count). The van der Waals surface area contributed by atoms with Crippen LogP contribution in [0.3, 0.4) is 0 Å². The number of aliphatic hydroxyl groups is 1. The molecular weight excluding hydrogens is 308 g/mol. The summed E-state index contributed by atoms with van der Waals surface area (Å²) >= 11 is 0. The fourth-order valence-electron chi connectivity index (χ4n) is 2.89. The molecule has 3 heterocycles. The lowest BCUT2D eigenvalue weighted by atomic mass is 10.0. The number of nitrogens with one attached hydrogen (secondary N) is 1. The molecular formula is C16H22N6O2. The number of aromatic nitrogens is 4. The lowest BCUT2D eigenvalue weighted by molar-refractivity contribution is 0.0575. The van der Waals surface area contributed by atoms with Crippen LogP contribution in [0.2, 0.25) is 0 Å². The van der Waals surface area contributed by atoms with Crippen LogP contribution in [0.4, 0.5) is 5.82 Å². The predicted octanol–water partition coefficient (Wildman–Crippen LogP) is 0.373. The summed E-state index contributed by atoms with van der Waals surface area (Å²) in [6.07, 6.45) is 7.21. The maximum atomic E-state index is 12.3. The molecule has 128 valence electrons. The van der Waals surface area contributed by atoms with Crippen molar-refractivity contribution in [3.63, 3.8) is 0 Å². The van der Waals surface area contributed by atoms with Gasteiger partial charge in [0.1, 0.15) is 11.4 Å². The Morgan fingerprint density at radius 2 is 2.29 bits per heavy atom. The Labute approximate surface area is 140 Å². The Hall–Kier alpha value is -2.48. The SMILES string of the molecule is CCn1cc(C(=O)NC[C@]2(O)CCN(c3cnccn3)C2)c(C)n1. The zero-order chi connectivity index (χ0) is 17.2. The molecule has 1 amide bonds. The Bertz CT molecular complexity index is 717. The van der Waals surface area contributed by atoms with Crippen LogP contribution >= 0.6 is 0 Å². The van der Waals surface area contributed by atoms with E-state index in [1.165, 1.54) is 0 Å². The Balaban J connectivity index is 1.60. The van der Waals surface area contributed by atoms with Crippen molar-refractivity contribution in [2.45, 2.75) is 32.4 Å². The molecule has 2 aromatic rings. The van der Waals surface area contributed by atoms with Crippen molar-refractivity contribution in [3.05, 3.63) is 36.0 Å². The maximum Gasteiger partial charge on any atom is 0.254 e. The van der Waals surface area contributed by atoms with Crippen molar-refractivity contribution in [2.75, 3.05) is 24.5 Å². The minimum Gasteiger partial charge on any atom is -0.386 e.